The highest BCUT2D eigenvalue weighted by Crippen LogP contribution is 2.33. The number of hydrogen-bond donors (Lipinski definition) is 3. The Labute approximate surface area is 197 Å². The number of rotatable bonds is 6. The van der Waals surface area contributed by atoms with Crippen LogP contribution in [0.25, 0.3) is 10.9 Å². The van der Waals surface area contributed by atoms with Crippen molar-refractivity contribution in [3.05, 3.63) is 86.3 Å². The quantitative estimate of drug-likeness (QED) is 0.256. The molecule has 0 spiro atoms. The van der Waals surface area contributed by atoms with Crippen molar-refractivity contribution in [3.8, 4) is 0 Å². The summed E-state index contributed by atoms with van der Waals surface area (Å²) in [6, 6.07) is 13.5. The lowest BCUT2D eigenvalue weighted by molar-refractivity contribution is -0.383. The molecule has 0 bridgehead atoms. The zero-order chi connectivity index (χ0) is 23.5. The maximum atomic E-state index is 12.4. The molecule has 2 aromatic carbocycles. The van der Waals surface area contributed by atoms with Crippen molar-refractivity contribution in [3.63, 3.8) is 0 Å². The summed E-state index contributed by atoms with van der Waals surface area (Å²) < 4.78 is 0. The van der Waals surface area contributed by atoms with E-state index in [0.29, 0.717) is 16.2 Å². The number of nitro groups is 1. The van der Waals surface area contributed by atoms with Gasteiger partial charge in [-0.25, -0.2) is 9.97 Å². The molecule has 0 aliphatic carbocycles. The van der Waals surface area contributed by atoms with Crippen molar-refractivity contribution in [2.24, 2.45) is 0 Å². The molecule has 0 saturated heterocycles. The van der Waals surface area contributed by atoms with E-state index in [1.54, 1.807) is 12.1 Å². The van der Waals surface area contributed by atoms with Gasteiger partial charge >= 0.3 is 5.69 Å². The Morgan fingerprint density at radius 3 is 2.61 bits per heavy atom. The van der Waals surface area contributed by atoms with Crippen LogP contribution in [0.4, 0.5) is 23.0 Å². The minimum atomic E-state index is -0.657. The number of carbonyl (C=O) groups excluding carboxylic acids is 1. The molecule has 0 aliphatic rings. The van der Waals surface area contributed by atoms with Crippen molar-refractivity contribution in [1.29, 1.82) is 0 Å². The van der Waals surface area contributed by atoms with Crippen LogP contribution in [-0.2, 0) is 0 Å². The molecule has 0 aliphatic heterocycles. The molecule has 0 atom stereocenters. The first-order chi connectivity index (χ1) is 15.8. The highest BCUT2D eigenvalue weighted by molar-refractivity contribution is 6.36. The SMILES string of the molecule is Cc1ccc2cccc(Nc3ncnc(NNC(=O)c4ccc(Cl)cc4Cl)c3[N+](=O)[O-])c2n1. The molecular formula is C21H15Cl2N7O3. The predicted molar refractivity (Wildman–Crippen MR) is 126 cm³/mol. The van der Waals surface area contributed by atoms with E-state index in [0.717, 1.165) is 17.4 Å². The second-order valence-corrected chi connectivity index (χ2v) is 7.68. The molecule has 1 amide bonds. The van der Waals surface area contributed by atoms with Gasteiger partial charge in [0.25, 0.3) is 5.91 Å². The Balaban J connectivity index is 1.63. The van der Waals surface area contributed by atoms with Gasteiger partial charge in [0.15, 0.2) is 0 Å². The number of pyridine rings is 1. The van der Waals surface area contributed by atoms with E-state index >= 15 is 0 Å². The topological polar surface area (TPSA) is 135 Å². The number of amides is 1. The third-order valence-corrected chi connectivity index (χ3v) is 5.14. The molecular weight excluding hydrogens is 469 g/mol. The van der Waals surface area contributed by atoms with Crippen molar-refractivity contribution < 1.29 is 9.72 Å². The van der Waals surface area contributed by atoms with Crippen LogP contribution >= 0.6 is 23.2 Å². The Bertz CT molecular complexity index is 1400. The van der Waals surface area contributed by atoms with Crippen LogP contribution in [0.5, 0.6) is 0 Å². The maximum Gasteiger partial charge on any atom is 0.355 e. The van der Waals surface area contributed by atoms with E-state index in [4.69, 9.17) is 23.2 Å². The standard InChI is InChI=1S/C21H15Cl2N7O3/c1-11-5-6-12-3-2-4-16(17(12)26-11)27-19-18(30(32)33)20(25-10-24-19)28-29-21(31)14-8-7-13(22)9-15(14)23/h2-10H,1H3,(H,29,31)(H2,24,25,27,28). The minimum Gasteiger partial charge on any atom is -0.332 e. The van der Waals surface area contributed by atoms with Crippen LogP contribution in [0.1, 0.15) is 16.1 Å². The highest BCUT2D eigenvalue weighted by Gasteiger charge is 2.24. The average Bonchev–Trinajstić information content (AvgIpc) is 2.77. The van der Waals surface area contributed by atoms with Crippen molar-refractivity contribution in [2.75, 3.05) is 10.7 Å². The van der Waals surface area contributed by atoms with Gasteiger partial charge in [0, 0.05) is 16.1 Å². The number of aromatic nitrogens is 3. The lowest BCUT2D eigenvalue weighted by Crippen LogP contribution is -2.30. The predicted octanol–water partition coefficient (Wildman–Crippen LogP) is 5.05. The molecule has 0 radical (unpaired) electrons. The molecule has 0 unspecified atom stereocenters. The Kier molecular flexibility index (Phi) is 6.20. The fraction of sp³-hybridized carbons (Fsp3) is 0.0476. The first kappa shape index (κ1) is 22.2. The molecule has 4 aromatic rings. The zero-order valence-corrected chi connectivity index (χ0v) is 18.5. The number of fused-ring (bicyclic) bond motifs is 1. The third kappa shape index (κ3) is 4.76. The average molecular weight is 484 g/mol. The number of para-hydroxylation sites is 1. The molecule has 2 heterocycles. The summed E-state index contributed by atoms with van der Waals surface area (Å²) in [5.41, 5.74) is 6.42. The number of benzene rings is 2. The van der Waals surface area contributed by atoms with E-state index in [9.17, 15) is 14.9 Å². The van der Waals surface area contributed by atoms with E-state index < -0.39 is 16.5 Å². The third-order valence-electron chi connectivity index (χ3n) is 4.59. The van der Waals surface area contributed by atoms with Gasteiger partial charge in [0.2, 0.25) is 11.6 Å². The second kappa shape index (κ2) is 9.23. The van der Waals surface area contributed by atoms with Gasteiger partial charge in [0.1, 0.15) is 6.33 Å². The number of hydrazine groups is 1. The number of halogens is 2. The summed E-state index contributed by atoms with van der Waals surface area (Å²) in [5.74, 6) is -0.930. The zero-order valence-electron chi connectivity index (χ0n) is 17.0. The lowest BCUT2D eigenvalue weighted by Gasteiger charge is -2.12. The molecule has 3 N–H and O–H groups in total. The number of carbonyl (C=O) groups is 1. The Morgan fingerprint density at radius 2 is 1.85 bits per heavy atom. The fourth-order valence-electron chi connectivity index (χ4n) is 3.06. The van der Waals surface area contributed by atoms with Gasteiger partial charge in [-0.3, -0.25) is 30.7 Å². The fourth-order valence-corrected chi connectivity index (χ4v) is 3.56. The van der Waals surface area contributed by atoms with E-state index in [-0.39, 0.29) is 22.2 Å². The monoisotopic (exact) mass is 483 g/mol. The van der Waals surface area contributed by atoms with Crippen molar-refractivity contribution in [1.82, 2.24) is 20.4 Å². The first-order valence-corrected chi connectivity index (χ1v) is 10.2. The first-order valence-electron chi connectivity index (χ1n) is 9.47. The van der Waals surface area contributed by atoms with Gasteiger partial charge in [-0.1, -0.05) is 41.4 Å². The van der Waals surface area contributed by atoms with Gasteiger partial charge in [0.05, 0.1) is 26.7 Å². The number of nitrogens with zero attached hydrogens (tertiary/aromatic N) is 4. The summed E-state index contributed by atoms with van der Waals surface area (Å²) >= 11 is 11.9. The van der Waals surface area contributed by atoms with Crippen LogP contribution in [-0.4, -0.2) is 25.8 Å². The van der Waals surface area contributed by atoms with Crippen molar-refractivity contribution in [2.45, 2.75) is 6.92 Å². The Hall–Kier alpha value is -4.02. The number of anilines is 3. The van der Waals surface area contributed by atoms with Gasteiger partial charge in [-0.2, -0.15) is 0 Å². The summed E-state index contributed by atoms with van der Waals surface area (Å²) in [7, 11) is 0. The van der Waals surface area contributed by atoms with Gasteiger partial charge in [-0.15, -0.1) is 0 Å². The van der Waals surface area contributed by atoms with Crippen LogP contribution in [0.3, 0.4) is 0 Å². The molecule has 166 valence electrons. The van der Waals surface area contributed by atoms with E-state index in [2.05, 4.69) is 31.1 Å². The molecule has 33 heavy (non-hydrogen) atoms. The normalized spacial score (nSPS) is 10.6. The molecule has 0 fully saturated rings. The van der Waals surface area contributed by atoms with Gasteiger partial charge in [-0.05, 0) is 37.3 Å². The van der Waals surface area contributed by atoms with Crippen LogP contribution in [0.15, 0.2) is 54.9 Å². The maximum absolute atomic E-state index is 12.4. The highest BCUT2D eigenvalue weighted by atomic mass is 35.5. The summed E-state index contributed by atoms with van der Waals surface area (Å²) in [4.78, 5) is 36.0. The van der Waals surface area contributed by atoms with E-state index in [1.165, 1.54) is 18.2 Å². The van der Waals surface area contributed by atoms with Crippen molar-refractivity contribution >= 4 is 63.0 Å². The Morgan fingerprint density at radius 1 is 1.06 bits per heavy atom. The number of nitrogens with one attached hydrogen (secondary N) is 3. The minimum absolute atomic E-state index is 0.0768. The second-order valence-electron chi connectivity index (χ2n) is 6.83. The molecule has 4 rings (SSSR count). The van der Waals surface area contributed by atoms with Crippen LogP contribution in [0.2, 0.25) is 10.0 Å². The summed E-state index contributed by atoms with van der Waals surface area (Å²) in [6.07, 6.45) is 1.13. The smallest absolute Gasteiger partial charge is 0.332 e. The number of aryl methyl sites for hydroxylation is 1. The van der Waals surface area contributed by atoms with Crippen LogP contribution in [0, 0.1) is 17.0 Å². The number of hydrogen-bond acceptors (Lipinski definition) is 8. The molecule has 0 saturated carbocycles. The summed E-state index contributed by atoms with van der Waals surface area (Å²) in [6.45, 7) is 1.85. The molecule has 12 heteroatoms. The molecule has 2 aromatic heterocycles. The van der Waals surface area contributed by atoms with Crippen LogP contribution < -0.4 is 16.2 Å². The lowest BCUT2D eigenvalue weighted by atomic mass is 10.1. The summed E-state index contributed by atoms with van der Waals surface area (Å²) in [5, 5.41) is 16.1. The molecule has 10 nitrogen and oxygen atoms in total. The van der Waals surface area contributed by atoms with Gasteiger partial charge < -0.3 is 5.32 Å². The van der Waals surface area contributed by atoms with E-state index in [1.807, 2.05) is 25.1 Å². The largest absolute Gasteiger partial charge is 0.355 e.